The van der Waals surface area contributed by atoms with Crippen LogP contribution < -0.4 is 0 Å². The minimum absolute atomic E-state index is 0.238. The maximum absolute atomic E-state index is 13.2. The third kappa shape index (κ3) is 2.94. The van der Waals surface area contributed by atoms with E-state index in [9.17, 15) is 4.39 Å². The standard InChI is InChI=1S/C13H15FN2S/c1-3-9(2)7-17-13-11-6-10(14)4-5-12(11)15-8-16-13/h4-6,8-9H,3,7H2,1-2H3. The second-order valence-electron chi connectivity index (χ2n) is 4.16. The summed E-state index contributed by atoms with van der Waals surface area (Å²) in [5.41, 5.74) is 0.799. The summed E-state index contributed by atoms with van der Waals surface area (Å²) in [5.74, 6) is 1.40. The zero-order valence-corrected chi connectivity index (χ0v) is 10.8. The highest BCUT2D eigenvalue weighted by molar-refractivity contribution is 7.99. The number of fused-ring (bicyclic) bond motifs is 1. The number of benzene rings is 1. The van der Waals surface area contributed by atoms with Gasteiger partial charge < -0.3 is 0 Å². The van der Waals surface area contributed by atoms with Crippen molar-refractivity contribution in [2.24, 2.45) is 5.92 Å². The molecule has 17 heavy (non-hydrogen) atoms. The molecule has 0 spiro atoms. The number of aromatic nitrogens is 2. The Bertz CT molecular complexity index is 516. The Morgan fingerprint density at radius 2 is 2.18 bits per heavy atom. The maximum Gasteiger partial charge on any atom is 0.124 e. The molecule has 1 atom stereocenters. The van der Waals surface area contributed by atoms with Crippen LogP contribution in [0.25, 0.3) is 10.9 Å². The zero-order chi connectivity index (χ0) is 12.3. The van der Waals surface area contributed by atoms with E-state index in [4.69, 9.17) is 0 Å². The molecule has 0 fully saturated rings. The van der Waals surface area contributed by atoms with E-state index in [1.165, 1.54) is 12.1 Å². The van der Waals surface area contributed by atoms with Crippen molar-refractivity contribution in [3.63, 3.8) is 0 Å². The summed E-state index contributed by atoms with van der Waals surface area (Å²) in [6.07, 6.45) is 2.68. The first kappa shape index (κ1) is 12.3. The minimum atomic E-state index is -0.238. The van der Waals surface area contributed by atoms with Crippen LogP contribution in [0.5, 0.6) is 0 Å². The van der Waals surface area contributed by atoms with Crippen molar-refractivity contribution in [1.29, 1.82) is 0 Å². The van der Waals surface area contributed by atoms with E-state index < -0.39 is 0 Å². The molecule has 4 heteroatoms. The number of hydrogen-bond acceptors (Lipinski definition) is 3. The van der Waals surface area contributed by atoms with Gasteiger partial charge in [-0.05, 0) is 24.1 Å². The molecule has 0 amide bonds. The lowest BCUT2D eigenvalue weighted by Gasteiger charge is -2.08. The van der Waals surface area contributed by atoms with Gasteiger partial charge in [0, 0.05) is 11.1 Å². The molecule has 0 aliphatic heterocycles. The summed E-state index contributed by atoms with van der Waals surface area (Å²) in [5, 5.41) is 1.68. The van der Waals surface area contributed by atoms with E-state index in [-0.39, 0.29) is 5.82 Å². The van der Waals surface area contributed by atoms with E-state index >= 15 is 0 Å². The van der Waals surface area contributed by atoms with Gasteiger partial charge in [0.25, 0.3) is 0 Å². The summed E-state index contributed by atoms with van der Waals surface area (Å²) in [6, 6.07) is 4.63. The van der Waals surface area contributed by atoms with E-state index in [2.05, 4.69) is 23.8 Å². The quantitative estimate of drug-likeness (QED) is 0.608. The van der Waals surface area contributed by atoms with Crippen LogP contribution in [-0.4, -0.2) is 15.7 Å². The van der Waals surface area contributed by atoms with Crippen LogP contribution >= 0.6 is 11.8 Å². The number of hydrogen-bond donors (Lipinski definition) is 0. The molecule has 1 heterocycles. The monoisotopic (exact) mass is 250 g/mol. The molecule has 1 aromatic carbocycles. The second kappa shape index (κ2) is 5.45. The Morgan fingerprint density at radius 3 is 2.94 bits per heavy atom. The van der Waals surface area contributed by atoms with Gasteiger partial charge >= 0.3 is 0 Å². The SMILES string of the molecule is CCC(C)CSc1ncnc2ccc(F)cc12. The van der Waals surface area contributed by atoms with Crippen molar-refractivity contribution >= 4 is 22.7 Å². The fourth-order valence-electron chi connectivity index (χ4n) is 1.46. The van der Waals surface area contributed by atoms with Crippen molar-refractivity contribution < 1.29 is 4.39 Å². The molecule has 0 saturated carbocycles. The largest absolute Gasteiger partial charge is 0.236 e. The van der Waals surface area contributed by atoms with Gasteiger partial charge in [-0.3, -0.25) is 0 Å². The van der Waals surface area contributed by atoms with Gasteiger partial charge in [0.2, 0.25) is 0 Å². The Morgan fingerprint density at radius 1 is 1.35 bits per heavy atom. The van der Waals surface area contributed by atoms with Crippen molar-refractivity contribution in [2.75, 3.05) is 5.75 Å². The molecule has 0 bridgehead atoms. The van der Waals surface area contributed by atoms with Crippen molar-refractivity contribution in [3.8, 4) is 0 Å². The fraction of sp³-hybridized carbons (Fsp3) is 0.385. The van der Waals surface area contributed by atoms with Gasteiger partial charge in [-0.25, -0.2) is 14.4 Å². The first-order valence-corrected chi connectivity index (χ1v) is 6.72. The van der Waals surface area contributed by atoms with Gasteiger partial charge in [-0.2, -0.15) is 0 Å². The van der Waals surface area contributed by atoms with Crippen LogP contribution in [0.15, 0.2) is 29.6 Å². The fourth-order valence-corrected chi connectivity index (χ4v) is 2.58. The van der Waals surface area contributed by atoms with Crippen molar-refractivity contribution in [2.45, 2.75) is 25.3 Å². The molecule has 90 valence electrons. The molecular formula is C13H15FN2S. The lowest BCUT2D eigenvalue weighted by Crippen LogP contribution is -1.97. The molecule has 2 nitrogen and oxygen atoms in total. The highest BCUT2D eigenvalue weighted by Crippen LogP contribution is 2.27. The number of rotatable bonds is 4. The summed E-state index contributed by atoms with van der Waals surface area (Å²) in [7, 11) is 0. The Balaban J connectivity index is 2.30. The third-order valence-electron chi connectivity index (χ3n) is 2.76. The molecule has 1 aromatic heterocycles. The Hall–Kier alpha value is -1.16. The molecular weight excluding hydrogens is 235 g/mol. The van der Waals surface area contributed by atoms with Gasteiger partial charge in [0.1, 0.15) is 17.2 Å². The molecule has 0 aliphatic rings. The van der Waals surface area contributed by atoms with E-state index in [1.807, 2.05) is 0 Å². The molecule has 0 N–H and O–H groups in total. The first-order chi connectivity index (χ1) is 8.20. The van der Waals surface area contributed by atoms with E-state index in [0.29, 0.717) is 5.92 Å². The predicted octanol–water partition coefficient (Wildman–Crippen LogP) is 3.91. The first-order valence-electron chi connectivity index (χ1n) is 5.73. The number of thioether (sulfide) groups is 1. The third-order valence-corrected chi connectivity index (χ3v) is 4.10. The molecule has 0 radical (unpaired) electrons. The van der Waals surface area contributed by atoms with Crippen LogP contribution in [0.3, 0.4) is 0 Å². The van der Waals surface area contributed by atoms with Gasteiger partial charge in [0.15, 0.2) is 0 Å². The minimum Gasteiger partial charge on any atom is -0.236 e. The smallest absolute Gasteiger partial charge is 0.124 e. The second-order valence-corrected chi connectivity index (χ2v) is 5.17. The summed E-state index contributed by atoms with van der Waals surface area (Å²) in [6.45, 7) is 4.37. The normalized spacial score (nSPS) is 12.9. The topological polar surface area (TPSA) is 25.8 Å². The van der Waals surface area contributed by atoms with Gasteiger partial charge in [-0.15, -0.1) is 11.8 Å². The van der Waals surface area contributed by atoms with Crippen molar-refractivity contribution in [1.82, 2.24) is 9.97 Å². The van der Waals surface area contributed by atoms with Crippen LogP contribution in [0.4, 0.5) is 4.39 Å². The molecule has 2 aromatic rings. The van der Waals surface area contributed by atoms with Crippen LogP contribution in [-0.2, 0) is 0 Å². The van der Waals surface area contributed by atoms with Crippen molar-refractivity contribution in [3.05, 3.63) is 30.3 Å². The van der Waals surface area contributed by atoms with Crippen LogP contribution in [0.1, 0.15) is 20.3 Å². The van der Waals surface area contributed by atoms with Gasteiger partial charge in [0.05, 0.1) is 5.52 Å². The van der Waals surface area contributed by atoms with E-state index in [1.54, 1.807) is 24.2 Å². The summed E-state index contributed by atoms with van der Waals surface area (Å²) >= 11 is 1.67. The highest BCUT2D eigenvalue weighted by Gasteiger charge is 2.07. The predicted molar refractivity (Wildman–Crippen MR) is 69.7 cm³/mol. The molecule has 0 saturated heterocycles. The Kier molecular flexibility index (Phi) is 3.94. The lowest BCUT2D eigenvalue weighted by molar-refractivity contribution is 0.629. The molecule has 1 unspecified atom stereocenters. The highest BCUT2D eigenvalue weighted by atomic mass is 32.2. The Labute approximate surface area is 105 Å². The zero-order valence-electron chi connectivity index (χ0n) is 9.98. The van der Waals surface area contributed by atoms with E-state index in [0.717, 1.165) is 28.1 Å². The maximum atomic E-state index is 13.2. The molecule has 2 rings (SSSR count). The summed E-state index contributed by atoms with van der Waals surface area (Å²) < 4.78 is 13.2. The van der Waals surface area contributed by atoms with Crippen LogP contribution in [0, 0.1) is 11.7 Å². The lowest BCUT2D eigenvalue weighted by atomic mass is 10.2. The number of nitrogens with zero attached hydrogens (tertiary/aromatic N) is 2. The summed E-state index contributed by atoms with van der Waals surface area (Å²) in [4.78, 5) is 8.38. The van der Waals surface area contributed by atoms with Crippen LogP contribution in [0.2, 0.25) is 0 Å². The number of halogens is 1. The molecule has 0 aliphatic carbocycles. The average molecular weight is 250 g/mol. The average Bonchev–Trinajstić information content (AvgIpc) is 2.35. The van der Waals surface area contributed by atoms with Gasteiger partial charge in [-0.1, -0.05) is 20.3 Å².